The Morgan fingerprint density at radius 2 is 1.55 bits per heavy atom. The summed E-state index contributed by atoms with van der Waals surface area (Å²) in [6.45, 7) is 2.55. The Kier molecular flexibility index (Phi) is 9.26. The van der Waals surface area contributed by atoms with Gasteiger partial charge in [-0.05, 0) is 12.5 Å². The number of benzene rings is 1. The first-order valence-electron chi connectivity index (χ1n) is 8.78. The van der Waals surface area contributed by atoms with Crippen LogP contribution in [0.4, 0.5) is 0 Å². The summed E-state index contributed by atoms with van der Waals surface area (Å²) < 4.78 is 0. The number of hydrogen-bond donors (Lipinski definition) is 6. The molecule has 11 heteroatoms. The molecule has 0 saturated heterocycles. The topological polar surface area (TPSA) is 180 Å². The van der Waals surface area contributed by atoms with Crippen molar-refractivity contribution in [2.75, 3.05) is 0 Å². The first-order chi connectivity index (χ1) is 13.6. The lowest BCUT2D eigenvalue weighted by Crippen LogP contribution is -2.57. The molecule has 0 aromatic heterocycles. The minimum absolute atomic E-state index is 0.0862. The van der Waals surface area contributed by atoms with Crippen molar-refractivity contribution >= 4 is 29.5 Å². The van der Waals surface area contributed by atoms with Gasteiger partial charge in [-0.3, -0.25) is 29.2 Å². The molecule has 0 heterocycles. The van der Waals surface area contributed by atoms with Gasteiger partial charge < -0.3 is 21.7 Å². The first kappa shape index (κ1) is 23.6. The van der Waals surface area contributed by atoms with Gasteiger partial charge >= 0.3 is 0 Å². The second kappa shape index (κ2) is 11.4. The van der Waals surface area contributed by atoms with E-state index in [1.165, 1.54) is 12.4 Å². The molecule has 1 aromatic carbocycles. The summed E-state index contributed by atoms with van der Waals surface area (Å²) in [5.74, 6) is -3.71. The van der Waals surface area contributed by atoms with Crippen molar-refractivity contribution in [1.82, 2.24) is 21.4 Å². The van der Waals surface area contributed by atoms with Crippen LogP contribution in [0.25, 0.3) is 0 Å². The van der Waals surface area contributed by atoms with Gasteiger partial charge in [0.05, 0.1) is 6.42 Å². The largest absolute Gasteiger partial charge is 0.368 e. The molecule has 0 aliphatic heterocycles. The van der Waals surface area contributed by atoms with Crippen LogP contribution in [0.15, 0.2) is 30.3 Å². The third kappa shape index (κ3) is 8.39. The molecule has 0 aliphatic rings. The van der Waals surface area contributed by atoms with Crippen LogP contribution < -0.4 is 27.2 Å². The zero-order valence-electron chi connectivity index (χ0n) is 16.1. The molecular formula is C18H25N5O6. The summed E-state index contributed by atoms with van der Waals surface area (Å²) in [5.41, 5.74) is 7.26. The molecule has 0 fully saturated rings. The monoisotopic (exact) mass is 407 g/mol. The van der Waals surface area contributed by atoms with Gasteiger partial charge in [0, 0.05) is 13.3 Å². The van der Waals surface area contributed by atoms with E-state index in [0.29, 0.717) is 0 Å². The fraction of sp³-hybridized carbons (Fsp3) is 0.389. The van der Waals surface area contributed by atoms with E-state index in [1.54, 1.807) is 30.3 Å². The SMILES string of the molecule is CC(=O)N[C@@H](CC(=O)NO)C(=O)N[C@@H](Cc1ccccc1)C(=O)N[C@@H](C)C(N)=O. The van der Waals surface area contributed by atoms with Crippen molar-refractivity contribution < 1.29 is 29.2 Å². The smallest absolute Gasteiger partial charge is 0.245 e. The lowest BCUT2D eigenvalue weighted by Gasteiger charge is -2.23. The van der Waals surface area contributed by atoms with Crippen LogP contribution in [0, 0.1) is 0 Å². The number of rotatable bonds is 10. The molecule has 158 valence electrons. The lowest BCUT2D eigenvalue weighted by atomic mass is 10.0. The lowest BCUT2D eigenvalue weighted by molar-refractivity contribution is -0.136. The van der Waals surface area contributed by atoms with Crippen LogP contribution in [-0.4, -0.2) is 52.9 Å². The van der Waals surface area contributed by atoms with Gasteiger partial charge in [0.2, 0.25) is 29.5 Å². The average Bonchev–Trinajstić information content (AvgIpc) is 2.66. The van der Waals surface area contributed by atoms with Gasteiger partial charge in [0.1, 0.15) is 18.1 Å². The van der Waals surface area contributed by atoms with Gasteiger partial charge in [0.15, 0.2) is 0 Å². The zero-order chi connectivity index (χ0) is 22.0. The Bertz CT molecular complexity index is 754. The van der Waals surface area contributed by atoms with Gasteiger partial charge in [-0.25, -0.2) is 5.48 Å². The third-order valence-electron chi connectivity index (χ3n) is 3.91. The molecule has 0 radical (unpaired) electrons. The Hall–Kier alpha value is -3.47. The number of carbonyl (C=O) groups is 5. The number of hydrogen-bond acceptors (Lipinski definition) is 6. The van der Waals surface area contributed by atoms with E-state index in [9.17, 15) is 24.0 Å². The first-order valence-corrected chi connectivity index (χ1v) is 8.78. The van der Waals surface area contributed by atoms with Gasteiger partial charge in [-0.15, -0.1) is 0 Å². The van der Waals surface area contributed by atoms with E-state index in [-0.39, 0.29) is 6.42 Å². The fourth-order valence-corrected chi connectivity index (χ4v) is 2.40. The summed E-state index contributed by atoms with van der Waals surface area (Å²) in [5, 5.41) is 15.8. The molecule has 0 aliphatic carbocycles. The number of primary amides is 1. The Balaban J connectivity index is 3.01. The normalized spacial score (nSPS) is 13.3. The van der Waals surface area contributed by atoms with Crippen LogP contribution in [0.5, 0.6) is 0 Å². The molecule has 29 heavy (non-hydrogen) atoms. The van der Waals surface area contributed by atoms with E-state index in [2.05, 4.69) is 16.0 Å². The minimum atomic E-state index is -1.32. The molecule has 0 saturated carbocycles. The molecule has 5 amide bonds. The van der Waals surface area contributed by atoms with E-state index in [4.69, 9.17) is 10.9 Å². The van der Waals surface area contributed by atoms with Gasteiger partial charge in [-0.1, -0.05) is 30.3 Å². The molecule has 1 rings (SSSR count). The van der Waals surface area contributed by atoms with E-state index < -0.39 is 54.1 Å². The van der Waals surface area contributed by atoms with Crippen LogP contribution in [0.2, 0.25) is 0 Å². The standard InChI is InChI=1S/C18H25N5O6/c1-10(16(19)26)20-17(27)13(8-12-6-4-3-5-7-12)22-18(28)14(21-11(2)24)9-15(25)23-29/h3-7,10,13-14,29H,8-9H2,1-2H3,(H2,19,26)(H,20,27)(H,21,24)(H,22,28)(H,23,25)/t10-,13-,14-/m0/s1. The Morgan fingerprint density at radius 3 is 2.07 bits per heavy atom. The van der Waals surface area contributed by atoms with Crippen LogP contribution in [-0.2, 0) is 30.4 Å². The van der Waals surface area contributed by atoms with Crippen LogP contribution in [0.1, 0.15) is 25.8 Å². The molecule has 3 atom stereocenters. The van der Waals surface area contributed by atoms with E-state index >= 15 is 0 Å². The van der Waals surface area contributed by atoms with Gasteiger partial charge in [0.25, 0.3) is 0 Å². The number of nitrogens with one attached hydrogen (secondary N) is 4. The maximum atomic E-state index is 12.6. The Morgan fingerprint density at radius 1 is 0.966 bits per heavy atom. The fourth-order valence-electron chi connectivity index (χ4n) is 2.40. The van der Waals surface area contributed by atoms with Crippen LogP contribution >= 0.6 is 0 Å². The van der Waals surface area contributed by atoms with E-state index in [1.807, 2.05) is 0 Å². The molecule has 0 bridgehead atoms. The second-order valence-electron chi connectivity index (χ2n) is 6.38. The summed E-state index contributed by atoms with van der Waals surface area (Å²) in [4.78, 5) is 59.2. The molecule has 0 unspecified atom stereocenters. The highest BCUT2D eigenvalue weighted by Crippen LogP contribution is 2.05. The number of amides is 5. The minimum Gasteiger partial charge on any atom is -0.368 e. The van der Waals surface area contributed by atoms with E-state index in [0.717, 1.165) is 12.5 Å². The molecule has 11 nitrogen and oxygen atoms in total. The number of nitrogens with two attached hydrogens (primary N) is 1. The third-order valence-corrected chi connectivity index (χ3v) is 3.91. The maximum absolute atomic E-state index is 12.6. The van der Waals surface area contributed by atoms with Crippen molar-refractivity contribution in [3.8, 4) is 0 Å². The highest BCUT2D eigenvalue weighted by atomic mass is 16.5. The predicted octanol–water partition coefficient (Wildman–Crippen LogP) is -1.90. The highest BCUT2D eigenvalue weighted by Gasteiger charge is 2.29. The highest BCUT2D eigenvalue weighted by molar-refractivity contribution is 5.95. The van der Waals surface area contributed by atoms with Crippen molar-refractivity contribution in [2.45, 2.75) is 44.8 Å². The Labute approximate surface area is 167 Å². The second-order valence-corrected chi connectivity index (χ2v) is 6.38. The molecule has 0 spiro atoms. The average molecular weight is 407 g/mol. The van der Waals surface area contributed by atoms with Crippen LogP contribution in [0.3, 0.4) is 0 Å². The van der Waals surface area contributed by atoms with Gasteiger partial charge in [-0.2, -0.15) is 0 Å². The maximum Gasteiger partial charge on any atom is 0.245 e. The molecule has 1 aromatic rings. The van der Waals surface area contributed by atoms with Crippen molar-refractivity contribution in [2.24, 2.45) is 5.73 Å². The summed E-state index contributed by atoms with van der Waals surface area (Å²) in [7, 11) is 0. The quantitative estimate of drug-likeness (QED) is 0.195. The summed E-state index contributed by atoms with van der Waals surface area (Å²) >= 11 is 0. The molecular weight excluding hydrogens is 382 g/mol. The summed E-state index contributed by atoms with van der Waals surface area (Å²) in [6, 6.07) is 5.38. The van der Waals surface area contributed by atoms with Crippen molar-refractivity contribution in [1.29, 1.82) is 0 Å². The molecule has 7 N–H and O–H groups in total. The zero-order valence-corrected chi connectivity index (χ0v) is 16.1. The number of carbonyl (C=O) groups excluding carboxylic acids is 5. The summed E-state index contributed by atoms with van der Waals surface area (Å²) in [6.07, 6.45) is -0.456. The van der Waals surface area contributed by atoms with Crippen molar-refractivity contribution in [3.05, 3.63) is 35.9 Å². The number of hydroxylamine groups is 1. The predicted molar refractivity (Wildman–Crippen MR) is 101 cm³/mol. The van der Waals surface area contributed by atoms with Crippen molar-refractivity contribution in [3.63, 3.8) is 0 Å².